The van der Waals surface area contributed by atoms with E-state index in [1.165, 1.54) is 17.7 Å². The molecule has 0 saturated heterocycles. The molecule has 0 bridgehead atoms. The van der Waals surface area contributed by atoms with Crippen molar-refractivity contribution in [3.05, 3.63) is 66.1 Å². The van der Waals surface area contributed by atoms with Gasteiger partial charge in [-0.25, -0.2) is 9.07 Å². The average Bonchev–Trinajstić information content (AvgIpc) is 3.06. The molecule has 0 aliphatic carbocycles. The van der Waals surface area contributed by atoms with Gasteiger partial charge in [0.25, 0.3) is 0 Å². The Hall–Kier alpha value is -3.11. The van der Waals surface area contributed by atoms with Crippen LogP contribution in [0.25, 0.3) is 16.9 Å². The molecule has 0 N–H and O–H groups in total. The highest BCUT2D eigenvalue weighted by Crippen LogP contribution is 2.18. The molecule has 1 heterocycles. The summed E-state index contributed by atoms with van der Waals surface area (Å²) in [7, 11) is 0. The third kappa shape index (κ3) is 4.18. The van der Waals surface area contributed by atoms with Gasteiger partial charge in [-0.1, -0.05) is 42.5 Å². The van der Waals surface area contributed by atoms with E-state index in [2.05, 4.69) is 29.4 Å². The molecule has 0 unspecified atom stereocenters. The molecule has 23 heavy (non-hydrogen) atoms. The van der Waals surface area contributed by atoms with E-state index in [0.29, 0.717) is 5.69 Å². The van der Waals surface area contributed by atoms with Crippen molar-refractivity contribution >= 4 is 6.15 Å². The Labute approximate surface area is 132 Å². The summed E-state index contributed by atoms with van der Waals surface area (Å²) in [5.74, 6) is -0.285. The predicted octanol–water partition coefficient (Wildman–Crippen LogP) is 3.05. The van der Waals surface area contributed by atoms with Gasteiger partial charge in [-0.3, -0.25) is 0 Å². The number of carbonyl (C=O) groups excluding carboxylic acids is 2. The van der Waals surface area contributed by atoms with Crippen LogP contribution in [0, 0.1) is 5.82 Å². The molecule has 0 saturated carbocycles. The van der Waals surface area contributed by atoms with Gasteiger partial charge < -0.3 is 0 Å². The van der Waals surface area contributed by atoms with Crippen LogP contribution in [0.3, 0.4) is 0 Å². The Bertz CT molecular complexity index is 807. The summed E-state index contributed by atoms with van der Waals surface area (Å²) in [6.07, 6.45) is 3.06. The van der Waals surface area contributed by atoms with E-state index in [1.54, 1.807) is 23.0 Å². The van der Waals surface area contributed by atoms with Crippen molar-refractivity contribution < 1.29 is 14.0 Å². The summed E-state index contributed by atoms with van der Waals surface area (Å²) in [4.78, 5) is 16.2. The quantitative estimate of drug-likeness (QED) is 0.745. The highest BCUT2D eigenvalue weighted by Gasteiger charge is 2.05. The van der Waals surface area contributed by atoms with Crippen molar-refractivity contribution in [1.82, 2.24) is 15.0 Å². The Morgan fingerprint density at radius 3 is 2.43 bits per heavy atom. The molecule has 116 valence electrons. The van der Waals surface area contributed by atoms with E-state index < -0.39 is 0 Å². The van der Waals surface area contributed by atoms with Crippen LogP contribution in [-0.4, -0.2) is 21.1 Å². The van der Waals surface area contributed by atoms with Crippen LogP contribution < -0.4 is 0 Å². The summed E-state index contributed by atoms with van der Waals surface area (Å²) in [5, 5.41) is 8.19. The summed E-state index contributed by atoms with van der Waals surface area (Å²) in [6.45, 7) is 2.12. The molecule has 0 radical (unpaired) electrons. The lowest BCUT2D eigenvalue weighted by atomic mass is 10.1. The maximum atomic E-state index is 13.2. The zero-order chi connectivity index (χ0) is 16.7. The first-order valence-electron chi connectivity index (χ1n) is 6.94. The lowest BCUT2D eigenvalue weighted by Crippen LogP contribution is -1.94. The first-order valence-corrected chi connectivity index (χ1v) is 6.94. The molecule has 1 aromatic heterocycles. The minimum Gasteiger partial charge on any atom is -0.220 e. The lowest BCUT2D eigenvalue weighted by Gasteiger charge is -1.99. The lowest BCUT2D eigenvalue weighted by molar-refractivity contribution is -0.191. The number of aromatic nitrogens is 3. The van der Waals surface area contributed by atoms with E-state index in [0.717, 1.165) is 17.7 Å². The molecular weight excluding hydrogens is 297 g/mol. The van der Waals surface area contributed by atoms with Crippen LogP contribution in [0.2, 0.25) is 0 Å². The molecule has 0 spiro atoms. The number of benzene rings is 2. The molecule has 2 aromatic carbocycles. The Morgan fingerprint density at radius 1 is 1.13 bits per heavy atom. The molecule has 0 amide bonds. The molecule has 0 fully saturated rings. The van der Waals surface area contributed by atoms with Crippen LogP contribution >= 0.6 is 0 Å². The van der Waals surface area contributed by atoms with Crippen molar-refractivity contribution in [1.29, 1.82) is 0 Å². The minimum atomic E-state index is -0.285. The molecule has 3 aromatic rings. The highest BCUT2D eigenvalue weighted by molar-refractivity contribution is 5.58. The topological polar surface area (TPSA) is 64.8 Å². The van der Waals surface area contributed by atoms with Gasteiger partial charge in [0.2, 0.25) is 0 Å². The third-order valence-corrected chi connectivity index (χ3v) is 3.22. The van der Waals surface area contributed by atoms with Gasteiger partial charge in [0, 0.05) is 5.56 Å². The van der Waals surface area contributed by atoms with Crippen molar-refractivity contribution in [3.63, 3.8) is 0 Å². The zero-order valence-electron chi connectivity index (χ0n) is 12.4. The maximum Gasteiger partial charge on any atom is 0.373 e. The fraction of sp³-hybridized carbons (Fsp3) is 0.118. The molecule has 5 nitrogen and oxygen atoms in total. The second-order valence-corrected chi connectivity index (χ2v) is 4.66. The summed E-state index contributed by atoms with van der Waals surface area (Å²) >= 11 is 0. The average molecular weight is 311 g/mol. The number of nitrogens with zero attached hydrogens (tertiary/aromatic N) is 3. The van der Waals surface area contributed by atoms with Gasteiger partial charge in [-0.2, -0.15) is 9.59 Å². The smallest absolute Gasteiger partial charge is 0.220 e. The van der Waals surface area contributed by atoms with E-state index in [9.17, 15) is 4.39 Å². The number of hydrogen-bond donors (Lipinski definition) is 0. The van der Waals surface area contributed by atoms with Crippen molar-refractivity contribution in [2.45, 2.75) is 13.3 Å². The monoisotopic (exact) mass is 311 g/mol. The molecule has 0 atom stereocenters. The van der Waals surface area contributed by atoms with Gasteiger partial charge >= 0.3 is 6.15 Å². The summed E-state index contributed by atoms with van der Waals surface area (Å²) < 4.78 is 14.8. The van der Waals surface area contributed by atoms with Gasteiger partial charge in [0.15, 0.2) is 0 Å². The zero-order valence-corrected chi connectivity index (χ0v) is 12.4. The van der Waals surface area contributed by atoms with Gasteiger partial charge in [0.1, 0.15) is 11.5 Å². The largest absolute Gasteiger partial charge is 0.373 e. The SMILES string of the molecule is CCc1ccc(-c2cn(-c3cccc(F)c3)nn2)cc1.O=C=O. The van der Waals surface area contributed by atoms with Crippen molar-refractivity contribution in [2.75, 3.05) is 0 Å². The summed E-state index contributed by atoms with van der Waals surface area (Å²) in [5.41, 5.74) is 3.72. The number of halogens is 1. The Morgan fingerprint density at radius 2 is 1.83 bits per heavy atom. The van der Waals surface area contributed by atoms with E-state index in [-0.39, 0.29) is 12.0 Å². The second kappa shape index (κ2) is 7.77. The molecule has 3 rings (SSSR count). The van der Waals surface area contributed by atoms with E-state index in [1.807, 2.05) is 12.1 Å². The number of hydrogen-bond acceptors (Lipinski definition) is 4. The first kappa shape index (κ1) is 16.3. The molecule has 6 heteroatoms. The maximum absolute atomic E-state index is 13.2. The third-order valence-electron chi connectivity index (χ3n) is 3.22. The van der Waals surface area contributed by atoms with Gasteiger partial charge in [-0.05, 0) is 30.2 Å². The fourth-order valence-corrected chi connectivity index (χ4v) is 2.05. The van der Waals surface area contributed by atoms with Gasteiger partial charge in [0.05, 0.1) is 11.9 Å². The van der Waals surface area contributed by atoms with Crippen molar-refractivity contribution in [2.24, 2.45) is 0 Å². The van der Waals surface area contributed by atoms with Crippen LogP contribution in [0.4, 0.5) is 4.39 Å². The van der Waals surface area contributed by atoms with Crippen LogP contribution in [0.5, 0.6) is 0 Å². The molecule has 0 aliphatic heterocycles. The van der Waals surface area contributed by atoms with Crippen molar-refractivity contribution in [3.8, 4) is 16.9 Å². The minimum absolute atomic E-state index is 0.250. The predicted molar refractivity (Wildman–Crippen MR) is 81.1 cm³/mol. The summed E-state index contributed by atoms with van der Waals surface area (Å²) in [6, 6.07) is 14.5. The Balaban J connectivity index is 0.000000595. The van der Waals surface area contributed by atoms with E-state index >= 15 is 0 Å². The number of aryl methyl sites for hydroxylation is 1. The fourth-order valence-electron chi connectivity index (χ4n) is 2.05. The van der Waals surface area contributed by atoms with Gasteiger partial charge in [-0.15, -0.1) is 5.10 Å². The molecular formula is C17H14FN3O2. The van der Waals surface area contributed by atoms with Crippen LogP contribution in [-0.2, 0) is 16.0 Å². The van der Waals surface area contributed by atoms with Crippen LogP contribution in [0.15, 0.2) is 54.7 Å². The standard InChI is InChI=1S/C16H14FN3.CO2/c1-2-12-6-8-13(9-7-12)16-11-20(19-18-16)15-5-3-4-14(17)10-15;2-1-3/h3-11H,2H2,1H3;. The second-order valence-electron chi connectivity index (χ2n) is 4.66. The van der Waals surface area contributed by atoms with Crippen LogP contribution in [0.1, 0.15) is 12.5 Å². The number of rotatable bonds is 3. The first-order chi connectivity index (χ1) is 11.2. The van der Waals surface area contributed by atoms with E-state index in [4.69, 9.17) is 9.59 Å². The Kier molecular flexibility index (Phi) is 5.50. The highest BCUT2D eigenvalue weighted by atomic mass is 19.1. The molecule has 0 aliphatic rings. The normalized spacial score (nSPS) is 9.65.